The van der Waals surface area contributed by atoms with Crippen molar-refractivity contribution >= 4 is 29.0 Å². The number of fused-ring (bicyclic) bond motifs is 1. The molecular weight excluding hydrogens is 417 g/mol. The summed E-state index contributed by atoms with van der Waals surface area (Å²) in [5.74, 6) is 0.177. The number of rotatable bonds is 5. The molecule has 0 fully saturated rings. The highest BCUT2D eigenvalue weighted by atomic mass is 35.5. The highest BCUT2D eigenvalue weighted by molar-refractivity contribution is 7.98. The monoisotopic (exact) mass is 426 g/mol. The number of hydrogen-bond acceptors (Lipinski definition) is 6. The SMILES string of the molecule is FC(F)(F)Oc1ccc(-n2nnnc2SCc2cn3cc(Cl)ccc3n2)cc1. The number of nitrogens with zero attached hydrogens (tertiary/aromatic N) is 6. The van der Waals surface area contributed by atoms with Crippen LogP contribution in [0, 0.1) is 0 Å². The van der Waals surface area contributed by atoms with E-state index in [2.05, 4.69) is 25.2 Å². The van der Waals surface area contributed by atoms with Crippen LogP contribution in [0.15, 0.2) is 53.9 Å². The van der Waals surface area contributed by atoms with Crippen molar-refractivity contribution in [3.63, 3.8) is 0 Å². The van der Waals surface area contributed by atoms with E-state index < -0.39 is 6.36 Å². The number of thioether (sulfide) groups is 1. The number of aromatic nitrogens is 6. The van der Waals surface area contributed by atoms with E-state index in [-0.39, 0.29) is 5.75 Å². The topological polar surface area (TPSA) is 70.1 Å². The fourth-order valence-corrected chi connectivity index (χ4v) is 3.39. The first-order valence-electron chi connectivity index (χ1n) is 7.78. The van der Waals surface area contributed by atoms with Gasteiger partial charge in [0.1, 0.15) is 11.4 Å². The van der Waals surface area contributed by atoms with Crippen LogP contribution >= 0.6 is 23.4 Å². The summed E-state index contributed by atoms with van der Waals surface area (Å²) in [6.07, 6.45) is -1.13. The van der Waals surface area contributed by atoms with E-state index in [0.29, 0.717) is 21.6 Å². The second-order valence-electron chi connectivity index (χ2n) is 5.55. The van der Waals surface area contributed by atoms with Crippen molar-refractivity contribution in [2.45, 2.75) is 17.3 Å². The smallest absolute Gasteiger partial charge is 0.406 e. The van der Waals surface area contributed by atoms with E-state index in [1.54, 1.807) is 12.3 Å². The molecule has 0 saturated heterocycles. The Labute approximate surface area is 165 Å². The van der Waals surface area contributed by atoms with Crippen LogP contribution in [0.25, 0.3) is 11.3 Å². The molecule has 0 aliphatic carbocycles. The van der Waals surface area contributed by atoms with Crippen LogP contribution in [-0.2, 0) is 5.75 Å². The molecule has 0 aliphatic heterocycles. The third-order valence-corrected chi connectivity index (χ3v) is 4.75. The Kier molecular flexibility index (Phi) is 4.85. The number of benzene rings is 1. The summed E-state index contributed by atoms with van der Waals surface area (Å²) in [5.41, 5.74) is 2.07. The third kappa shape index (κ3) is 4.20. The molecule has 0 aliphatic rings. The molecule has 1 aromatic carbocycles. The predicted octanol–water partition coefficient (Wildman–Crippen LogP) is 4.15. The molecule has 7 nitrogen and oxygen atoms in total. The molecule has 3 aromatic heterocycles. The lowest BCUT2D eigenvalue weighted by atomic mass is 10.3. The summed E-state index contributed by atoms with van der Waals surface area (Å²) in [7, 11) is 0. The number of tetrazole rings is 1. The molecule has 0 bridgehead atoms. The first kappa shape index (κ1) is 18.6. The lowest BCUT2D eigenvalue weighted by Gasteiger charge is -2.09. The fourth-order valence-electron chi connectivity index (χ4n) is 2.45. The molecule has 3 heterocycles. The van der Waals surface area contributed by atoms with Gasteiger partial charge in [-0.25, -0.2) is 4.98 Å². The Morgan fingerprint density at radius 2 is 1.86 bits per heavy atom. The maximum Gasteiger partial charge on any atom is 0.573 e. The van der Waals surface area contributed by atoms with E-state index >= 15 is 0 Å². The fraction of sp³-hybridized carbons (Fsp3) is 0.125. The summed E-state index contributed by atoms with van der Waals surface area (Å²) < 4.78 is 43.9. The van der Waals surface area contributed by atoms with Crippen molar-refractivity contribution in [3.8, 4) is 11.4 Å². The van der Waals surface area contributed by atoms with Crippen LogP contribution in [0.5, 0.6) is 5.75 Å². The minimum Gasteiger partial charge on any atom is -0.406 e. The molecule has 4 rings (SSSR count). The highest BCUT2D eigenvalue weighted by Crippen LogP contribution is 2.26. The Balaban J connectivity index is 1.49. The molecule has 0 saturated carbocycles. The zero-order chi connectivity index (χ0) is 19.7. The van der Waals surface area contributed by atoms with Gasteiger partial charge in [-0.15, -0.1) is 18.3 Å². The standard InChI is InChI=1S/C16H10ClF3N6OS/c17-10-1-6-14-21-11(8-25(14)7-10)9-28-15-22-23-24-26(15)12-2-4-13(5-3-12)27-16(18,19)20/h1-8H,9H2. The van der Waals surface area contributed by atoms with Crippen molar-refractivity contribution in [2.24, 2.45) is 0 Å². The van der Waals surface area contributed by atoms with Gasteiger partial charge in [-0.05, 0) is 46.8 Å². The van der Waals surface area contributed by atoms with Gasteiger partial charge in [0.25, 0.3) is 0 Å². The van der Waals surface area contributed by atoms with Crippen LogP contribution < -0.4 is 4.74 Å². The third-order valence-electron chi connectivity index (χ3n) is 3.57. The highest BCUT2D eigenvalue weighted by Gasteiger charge is 2.31. The van der Waals surface area contributed by atoms with Crippen molar-refractivity contribution in [2.75, 3.05) is 0 Å². The second kappa shape index (κ2) is 7.32. The number of hydrogen-bond donors (Lipinski definition) is 0. The molecule has 0 spiro atoms. The number of pyridine rings is 1. The van der Waals surface area contributed by atoms with Gasteiger partial charge in [-0.2, -0.15) is 4.68 Å². The minimum absolute atomic E-state index is 0.318. The summed E-state index contributed by atoms with van der Waals surface area (Å²) in [6.45, 7) is 0. The van der Waals surface area contributed by atoms with Crippen LogP contribution in [-0.4, -0.2) is 36.0 Å². The molecule has 28 heavy (non-hydrogen) atoms. The molecule has 4 aromatic rings. The zero-order valence-electron chi connectivity index (χ0n) is 13.8. The molecular formula is C16H10ClF3N6OS. The quantitative estimate of drug-likeness (QED) is 0.446. The number of halogens is 4. The van der Waals surface area contributed by atoms with E-state index in [4.69, 9.17) is 11.6 Å². The summed E-state index contributed by atoms with van der Waals surface area (Å²) in [4.78, 5) is 4.48. The summed E-state index contributed by atoms with van der Waals surface area (Å²) in [6, 6.07) is 8.84. The van der Waals surface area contributed by atoms with E-state index in [0.717, 1.165) is 11.3 Å². The van der Waals surface area contributed by atoms with Crippen molar-refractivity contribution < 1.29 is 17.9 Å². The second-order valence-corrected chi connectivity index (χ2v) is 6.93. The van der Waals surface area contributed by atoms with Crippen LogP contribution in [0.3, 0.4) is 0 Å². The molecule has 0 unspecified atom stereocenters. The first-order valence-corrected chi connectivity index (χ1v) is 9.14. The number of imidazole rings is 1. The number of alkyl halides is 3. The van der Waals surface area contributed by atoms with Gasteiger partial charge in [-0.1, -0.05) is 23.4 Å². The summed E-state index contributed by atoms with van der Waals surface area (Å²) in [5, 5.41) is 12.6. The van der Waals surface area contributed by atoms with Crippen LogP contribution in [0.2, 0.25) is 5.02 Å². The van der Waals surface area contributed by atoms with Gasteiger partial charge in [0.2, 0.25) is 5.16 Å². The van der Waals surface area contributed by atoms with Gasteiger partial charge in [0.05, 0.1) is 16.4 Å². The Morgan fingerprint density at radius 3 is 2.61 bits per heavy atom. The molecule has 0 radical (unpaired) electrons. The van der Waals surface area contributed by atoms with Gasteiger partial charge in [0, 0.05) is 18.1 Å². The van der Waals surface area contributed by atoms with Gasteiger partial charge >= 0.3 is 6.36 Å². The maximum absolute atomic E-state index is 12.3. The molecule has 144 valence electrons. The van der Waals surface area contributed by atoms with E-state index in [9.17, 15) is 13.2 Å². The molecule has 12 heteroatoms. The Hall–Kier alpha value is -2.79. The molecule has 0 N–H and O–H groups in total. The largest absolute Gasteiger partial charge is 0.573 e. The van der Waals surface area contributed by atoms with Crippen LogP contribution in [0.4, 0.5) is 13.2 Å². The van der Waals surface area contributed by atoms with Crippen molar-refractivity contribution in [3.05, 3.63) is 59.5 Å². The zero-order valence-corrected chi connectivity index (χ0v) is 15.4. The maximum atomic E-state index is 12.3. The summed E-state index contributed by atoms with van der Waals surface area (Å²) >= 11 is 7.31. The van der Waals surface area contributed by atoms with Crippen LogP contribution in [0.1, 0.15) is 5.69 Å². The van der Waals surface area contributed by atoms with E-state index in [1.165, 1.54) is 40.7 Å². The molecule has 0 atom stereocenters. The van der Waals surface area contributed by atoms with Gasteiger partial charge in [0.15, 0.2) is 0 Å². The number of ether oxygens (including phenoxy) is 1. The average Bonchev–Trinajstić information content (AvgIpc) is 3.25. The Bertz CT molecular complexity index is 1110. The van der Waals surface area contributed by atoms with E-state index in [1.807, 2.05) is 16.7 Å². The van der Waals surface area contributed by atoms with Gasteiger partial charge in [-0.3, -0.25) is 0 Å². The average molecular weight is 427 g/mol. The van der Waals surface area contributed by atoms with Gasteiger partial charge < -0.3 is 9.14 Å². The van der Waals surface area contributed by atoms with Crippen molar-refractivity contribution in [1.29, 1.82) is 0 Å². The lowest BCUT2D eigenvalue weighted by Crippen LogP contribution is -2.17. The Morgan fingerprint density at radius 1 is 1.07 bits per heavy atom. The normalized spacial score (nSPS) is 11.9. The molecule has 0 amide bonds. The van der Waals surface area contributed by atoms with Crippen molar-refractivity contribution in [1.82, 2.24) is 29.6 Å². The predicted molar refractivity (Wildman–Crippen MR) is 95.6 cm³/mol. The first-order chi connectivity index (χ1) is 13.4. The minimum atomic E-state index is -4.74. The lowest BCUT2D eigenvalue weighted by molar-refractivity contribution is -0.274.